The maximum Gasteiger partial charge on any atom is 0.134 e. The van der Waals surface area contributed by atoms with Gasteiger partial charge in [0.25, 0.3) is 0 Å². The lowest BCUT2D eigenvalue weighted by Crippen LogP contribution is -2.17. The molecule has 0 aromatic carbocycles. The van der Waals surface area contributed by atoms with Crippen molar-refractivity contribution < 1.29 is 4.74 Å². The normalized spacial score (nSPS) is 18.6. The number of nitrogens with zero attached hydrogens (tertiary/aromatic N) is 2. The van der Waals surface area contributed by atoms with Crippen molar-refractivity contribution in [1.29, 1.82) is 0 Å². The van der Waals surface area contributed by atoms with Crippen LogP contribution < -0.4 is 10.6 Å². The summed E-state index contributed by atoms with van der Waals surface area (Å²) in [6.45, 7) is 9.74. The third-order valence-electron chi connectivity index (χ3n) is 3.38. The Kier molecular flexibility index (Phi) is 4.96. The van der Waals surface area contributed by atoms with Gasteiger partial charge in [0.05, 0.1) is 6.61 Å². The summed E-state index contributed by atoms with van der Waals surface area (Å²) >= 11 is 0. The predicted octanol–water partition coefficient (Wildman–Crippen LogP) is 2.36. The van der Waals surface area contributed by atoms with Gasteiger partial charge < -0.3 is 15.4 Å². The van der Waals surface area contributed by atoms with Crippen LogP contribution in [-0.2, 0) is 4.74 Å². The van der Waals surface area contributed by atoms with E-state index < -0.39 is 0 Å². The number of aromatic nitrogens is 2. The minimum Gasteiger partial charge on any atom is -0.381 e. The van der Waals surface area contributed by atoms with Gasteiger partial charge in [-0.25, -0.2) is 9.97 Å². The lowest BCUT2D eigenvalue weighted by Gasteiger charge is -2.15. The van der Waals surface area contributed by atoms with Crippen LogP contribution in [-0.4, -0.2) is 36.3 Å². The fourth-order valence-electron chi connectivity index (χ4n) is 2.20. The average Bonchev–Trinajstić information content (AvgIpc) is 2.91. The van der Waals surface area contributed by atoms with Gasteiger partial charge in [0.15, 0.2) is 0 Å². The van der Waals surface area contributed by atoms with E-state index in [9.17, 15) is 0 Å². The fourth-order valence-corrected chi connectivity index (χ4v) is 2.20. The summed E-state index contributed by atoms with van der Waals surface area (Å²) in [7, 11) is 0. The van der Waals surface area contributed by atoms with Crippen molar-refractivity contribution in [1.82, 2.24) is 9.97 Å². The number of anilines is 2. The van der Waals surface area contributed by atoms with Crippen LogP contribution >= 0.6 is 0 Å². The maximum absolute atomic E-state index is 5.39. The van der Waals surface area contributed by atoms with Gasteiger partial charge >= 0.3 is 0 Å². The Balaban J connectivity index is 2.03. The second-order valence-corrected chi connectivity index (χ2v) is 5.13. The van der Waals surface area contributed by atoms with Gasteiger partial charge in [-0.3, -0.25) is 0 Å². The van der Waals surface area contributed by atoms with Gasteiger partial charge in [-0.1, -0.05) is 6.92 Å². The van der Waals surface area contributed by atoms with Crippen LogP contribution in [0, 0.1) is 19.8 Å². The summed E-state index contributed by atoms with van der Waals surface area (Å²) in [6, 6.07) is 0. The van der Waals surface area contributed by atoms with E-state index in [1.54, 1.807) is 0 Å². The van der Waals surface area contributed by atoms with Crippen molar-refractivity contribution >= 4 is 11.6 Å². The molecule has 2 heterocycles. The molecule has 1 saturated heterocycles. The van der Waals surface area contributed by atoms with Crippen LogP contribution in [0.15, 0.2) is 0 Å². The Morgan fingerprint density at radius 1 is 1.21 bits per heavy atom. The van der Waals surface area contributed by atoms with Crippen molar-refractivity contribution in [2.45, 2.75) is 33.6 Å². The summed E-state index contributed by atoms with van der Waals surface area (Å²) in [5, 5.41) is 6.80. The van der Waals surface area contributed by atoms with Crippen LogP contribution in [0.2, 0.25) is 0 Å². The molecule has 1 aromatic heterocycles. The van der Waals surface area contributed by atoms with Gasteiger partial charge in [0.2, 0.25) is 0 Å². The van der Waals surface area contributed by atoms with E-state index >= 15 is 0 Å². The minimum atomic E-state index is 0.599. The monoisotopic (exact) mass is 264 g/mol. The molecule has 5 nitrogen and oxygen atoms in total. The van der Waals surface area contributed by atoms with Gasteiger partial charge in [-0.05, 0) is 26.7 Å². The molecule has 1 aromatic rings. The first kappa shape index (κ1) is 14.1. The highest BCUT2D eigenvalue weighted by Crippen LogP contribution is 2.21. The zero-order valence-electron chi connectivity index (χ0n) is 12.1. The van der Waals surface area contributed by atoms with E-state index in [4.69, 9.17) is 4.74 Å². The smallest absolute Gasteiger partial charge is 0.134 e. The second-order valence-electron chi connectivity index (χ2n) is 5.13. The fraction of sp³-hybridized carbons (Fsp3) is 0.714. The molecule has 0 amide bonds. The van der Waals surface area contributed by atoms with Gasteiger partial charge in [0.1, 0.15) is 17.5 Å². The molecule has 0 radical (unpaired) electrons. The second kappa shape index (κ2) is 6.70. The summed E-state index contributed by atoms with van der Waals surface area (Å²) in [5.74, 6) is 3.29. The quantitative estimate of drug-likeness (QED) is 0.826. The Bertz CT molecular complexity index is 416. The number of nitrogens with one attached hydrogen (secondary N) is 2. The molecule has 1 fully saturated rings. The van der Waals surface area contributed by atoms with E-state index in [2.05, 4.69) is 34.4 Å². The highest BCUT2D eigenvalue weighted by atomic mass is 16.5. The summed E-state index contributed by atoms with van der Waals surface area (Å²) < 4.78 is 5.39. The van der Waals surface area contributed by atoms with Gasteiger partial charge in [-0.15, -0.1) is 0 Å². The molecule has 0 aliphatic carbocycles. The number of ether oxygens (including phenoxy) is 1. The number of hydrogen-bond acceptors (Lipinski definition) is 5. The predicted molar refractivity (Wildman–Crippen MR) is 77.7 cm³/mol. The zero-order chi connectivity index (χ0) is 13.7. The molecule has 1 unspecified atom stereocenters. The number of aryl methyl sites for hydroxylation is 1. The Morgan fingerprint density at radius 3 is 2.58 bits per heavy atom. The first-order valence-electron chi connectivity index (χ1n) is 7.11. The van der Waals surface area contributed by atoms with E-state index in [-0.39, 0.29) is 0 Å². The molecule has 19 heavy (non-hydrogen) atoms. The van der Waals surface area contributed by atoms with Crippen molar-refractivity contribution in [3.8, 4) is 0 Å². The Labute approximate surface area is 115 Å². The van der Waals surface area contributed by atoms with E-state index in [0.29, 0.717) is 5.92 Å². The first-order chi connectivity index (χ1) is 9.20. The topological polar surface area (TPSA) is 59.1 Å². The van der Waals surface area contributed by atoms with Crippen LogP contribution in [0.3, 0.4) is 0 Å². The molecule has 5 heteroatoms. The van der Waals surface area contributed by atoms with E-state index in [1.807, 2.05) is 6.92 Å². The molecule has 0 bridgehead atoms. The van der Waals surface area contributed by atoms with E-state index in [1.165, 1.54) is 0 Å². The van der Waals surface area contributed by atoms with Crippen molar-refractivity contribution in [2.24, 2.45) is 5.92 Å². The Hall–Kier alpha value is -1.36. The number of rotatable bonds is 6. The van der Waals surface area contributed by atoms with Crippen LogP contribution in [0.25, 0.3) is 0 Å². The lowest BCUT2D eigenvalue weighted by atomic mass is 10.1. The molecule has 2 rings (SSSR count). The highest BCUT2D eigenvalue weighted by Gasteiger charge is 2.16. The van der Waals surface area contributed by atoms with Crippen LogP contribution in [0.1, 0.15) is 31.2 Å². The molecular formula is C14H24N4O. The number of hydrogen-bond donors (Lipinski definition) is 2. The molecule has 2 N–H and O–H groups in total. The zero-order valence-corrected chi connectivity index (χ0v) is 12.1. The molecular weight excluding hydrogens is 240 g/mol. The third kappa shape index (κ3) is 3.80. The molecule has 1 atom stereocenters. The molecule has 1 aliphatic heterocycles. The summed E-state index contributed by atoms with van der Waals surface area (Å²) in [6.07, 6.45) is 2.22. The minimum absolute atomic E-state index is 0.599. The first-order valence-corrected chi connectivity index (χ1v) is 7.11. The summed E-state index contributed by atoms with van der Waals surface area (Å²) in [4.78, 5) is 8.96. The average molecular weight is 264 g/mol. The van der Waals surface area contributed by atoms with Crippen molar-refractivity contribution in [3.63, 3.8) is 0 Å². The standard InChI is InChI=1S/C14H24N4O/c1-4-6-15-13-10(2)14(18-11(3)17-13)16-8-12-5-7-19-9-12/h12H,4-9H2,1-3H3,(H2,15,16,17,18). The van der Waals surface area contributed by atoms with Crippen LogP contribution in [0.5, 0.6) is 0 Å². The van der Waals surface area contributed by atoms with E-state index in [0.717, 1.165) is 62.2 Å². The van der Waals surface area contributed by atoms with Gasteiger partial charge in [0, 0.05) is 31.2 Å². The molecule has 0 spiro atoms. The largest absolute Gasteiger partial charge is 0.381 e. The maximum atomic E-state index is 5.39. The third-order valence-corrected chi connectivity index (χ3v) is 3.38. The lowest BCUT2D eigenvalue weighted by molar-refractivity contribution is 0.187. The van der Waals surface area contributed by atoms with Gasteiger partial charge in [-0.2, -0.15) is 0 Å². The molecule has 0 saturated carbocycles. The summed E-state index contributed by atoms with van der Waals surface area (Å²) in [5.41, 5.74) is 1.10. The molecule has 106 valence electrons. The highest BCUT2D eigenvalue weighted by molar-refractivity contribution is 5.57. The van der Waals surface area contributed by atoms with Crippen LogP contribution in [0.4, 0.5) is 11.6 Å². The SMILES string of the molecule is CCCNc1nc(C)nc(NCC2CCOC2)c1C. The Morgan fingerprint density at radius 2 is 1.95 bits per heavy atom. The van der Waals surface area contributed by atoms with Crippen molar-refractivity contribution in [3.05, 3.63) is 11.4 Å². The van der Waals surface area contributed by atoms with Crippen molar-refractivity contribution in [2.75, 3.05) is 36.9 Å². The molecule has 1 aliphatic rings.